The zero-order chi connectivity index (χ0) is 19.4. The third-order valence-electron chi connectivity index (χ3n) is 3.96. The van der Waals surface area contributed by atoms with Crippen molar-refractivity contribution in [2.24, 2.45) is 0 Å². The highest BCUT2D eigenvalue weighted by Crippen LogP contribution is 2.23. The number of nitrogens with zero attached hydrogens (tertiary/aromatic N) is 2. The van der Waals surface area contributed by atoms with E-state index in [-0.39, 0.29) is 18.0 Å². The van der Waals surface area contributed by atoms with Gasteiger partial charge in [-0.25, -0.2) is 8.42 Å². The molecule has 1 heterocycles. The molecule has 27 heavy (non-hydrogen) atoms. The van der Waals surface area contributed by atoms with E-state index in [2.05, 4.69) is 0 Å². The van der Waals surface area contributed by atoms with Crippen LogP contribution in [0, 0.1) is 10.1 Å². The lowest BCUT2D eigenvalue weighted by Crippen LogP contribution is -2.43. The highest BCUT2D eigenvalue weighted by molar-refractivity contribution is 7.94. The second-order valence-electron chi connectivity index (χ2n) is 5.86. The standard InChI is InChI=1S/C18H16N2O6S/c21-18(12-26-17-8-6-15(7-9-17)20(22)23)19(14-4-2-1-3-5-14)16-10-11-27(24,25)13-16/h1-11,16H,12-13H2. The molecule has 0 aliphatic carbocycles. The number of nitro groups is 1. The van der Waals surface area contributed by atoms with Gasteiger partial charge in [0.05, 0.1) is 16.7 Å². The number of benzene rings is 2. The summed E-state index contributed by atoms with van der Waals surface area (Å²) in [5.74, 6) is -0.312. The van der Waals surface area contributed by atoms with Crippen LogP contribution < -0.4 is 9.64 Å². The fourth-order valence-corrected chi connectivity index (χ4v) is 3.98. The molecule has 0 fully saturated rings. The van der Waals surface area contributed by atoms with E-state index in [1.165, 1.54) is 35.2 Å². The molecular formula is C18H16N2O6S. The second kappa shape index (κ2) is 7.58. The van der Waals surface area contributed by atoms with Crippen LogP contribution in [0.4, 0.5) is 11.4 Å². The summed E-state index contributed by atoms with van der Waals surface area (Å²) >= 11 is 0. The molecule has 8 nitrogen and oxygen atoms in total. The Morgan fingerprint density at radius 2 is 1.81 bits per heavy atom. The topological polar surface area (TPSA) is 107 Å². The molecule has 1 aliphatic heterocycles. The van der Waals surface area contributed by atoms with Gasteiger partial charge < -0.3 is 9.64 Å². The molecule has 1 aliphatic rings. The molecule has 0 N–H and O–H groups in total. The molecule has 3 rings (SSSR count). The highest BCUT2D eigenvalue weighted by atomic mass is 32.2. The van der Waals surface area contributed by atoms with Crippen molar-refractivity contribution in [2.45, 2.75) is 6.04 Å². The number of rotatable bonds is 6. The Kier molecular flexibility index (Phi) is 5.22. The Balaban J connectivity index is 1.75. The third kappa shape index (κ3) is 4.50. The number of carbonyl (C=O) groups is 1. The maximum absolute atomic E-state index is 12.8. The minimum absolute atomic E-state index is 0.0825. The number of nitro benzene ring substituents is 1. The van der Waals surface area contributed by atoms with Crippen LogP contribution in [0.5, 0.6) is 5.75 Å². The van der Waals surface area contributed by atoms with E-state index < -0.39 is 26.7 Å². The molecule has 2 aromatic carbocycles. The van der Waals surface area contributed by atoms with Crippen molar-refractivity contribution < 1.29 is 22.9 Å². The second-order valence-corrected chi connectivity index (χ2v) is 7.80. The summed E-state index contributed by atoms with van der Waals surface area (Å²) in [7, 11) is -3.34. The summed E-state index contributed by atoms with van der Waals surface area (Å²) in [6, 6.07) is 13.5. The summed E-state index contributed by atoms with van der Waals surface area (Å²) in [6.07, 6.45) is 1.48. The van der Waals surface area contributed by atoms with Crippen LogP contribution in [-0.4, -0.2) is 37.6 Å². The molecule has 140 valence electrons. The summed E-state index contributed by atoms with van der Waals surface area (Å²) < 4.78 is 28.9. The predicted molar refractivity (Wildman–Crippen MR) is 99.2 cm³/mol. The van der Waals surface area contributed by atoms with Gasteiger partial charge in [0.2, 0.25) is 0 Å². The predicted octanol–water partition coefficient (Wildman–Crippen LogP) is 2.32. The number of amides is 1. The minimum atomic E-state index is -3.34. The average molecular weight is 388 g/mol. The van der Waals surface area contributed by atoms with Crippen molar-refractivity contribution in [3.05, 3.63) is 76.2 Å². The fraction of sp³-hybridized carbons (Fsp3) is 0.167. The summed E-state index contributed by atoms with van der Waals surface area (Å²) in [4.78, 5) is 24.3. The SMILES string of the molecule is O=C(COc1ccc([N+](=O)[O-])cc1)N(c1ccccc1)C1C=CS(=O)(=O)C1. The quantitative estimate of drug-likeness (QED) is 0.555. The van der Waals surface area contributed by atoms with E-state index in [1.54, 1.807) is 30.3 Å². The van der Waals surface area contributed by atoms with Gasteiger partial charge in [0, 0.05) is 23.2 Å². The first-order valence-corrected chi connectivity index (χ1v) is 9.72. The van der Waals surface area contributed by atoms with Gasteiger partial charge in [-0.3, -0.25) is 14.9 Å². The van der Waals surface area contributed by atoms with Gasteiger partial charge in [0.1, 0.15) is 5.75 Å². The number of hydrogen-bond acceptors (Lipinski definition) is 6. The number of hydrogen-bond donors (Lipinski definition) is 0. The largest absolute Gasteiger partial charge is 0.484 e. The molecule has 0 spiro atoms. The Bertz CT molecular complexity index is 971. The fourth-order valence-electron chi connectivity index (χ4n) is 2.71. The Hall–Kier alpha value is -3.20. The van der Waals surface area contributed by atoms with Crippen LogP contribution in [0.15, 0.2) is 66.1 Å². The summed E-state index contributed by atoms with van der Waals surface area (Å²) in [6.45, 7) is -0.336. The normalized spacial score (nSPS) is 17.4. The summed E-state index contributed by atoms with van der Waals surface area (Å²) in [5, 5.41) is 11.8. The first-order chi connectivity index (χ1) is 12.9. The van der Waals surface area contributed by atoms with Crippen molar-refractivity contribution in [2.75, 3.05) is 17.3 Å². The number of carbonyl (C=O) groups excluding carboxylic acids is 1. The first kappa shape index (κ1) is 18.6. The van der Waals surface area contributed by atoms with Crippen LogP contribution in [0.2, 0.25) is 0 Å². The maximum Gasteiger partial charge on any atom is 0.269 e. The zero-order valence-corrected chi connectivity index (χ0v) is 14.9. The Labute approximate surface area is 155 Å². The van der Waals surface area contributed by atoms with Gasteiger partial charge >= 0.3 is 0 Å². The lowest BCUT2D eigenvalue weighted by molar-refractivity contribution is -0.384. The molecule has 1 amide bonds. The average Bonchev–Trinajstić information content (AvgIpc) is 3.00. The number of ether oxygens (including phenoxy) is 1. The van der Waals surface area contributed by atoms with Crippen LogP contribution in [0.3, 0.4) is 0 Å². The molecule has 0 saturated heterocycles. The smallest absolute Gasteiger partial charge is 0.269 e. The lowest BCUT2D eigenvalue weighted by Gasteiger charge is -2.27. The van der Waals surface area contributed by atoms with E-state index in [0.29, 0.717) is 11.4 Å². The molecule has 0 aromatic heterocycles. The molecule has 2 aromatic rings. The molecule has 0 saturated carbocycles. The minimum Gasteiger partial charge on any atom is -0.484 e. The van der Waals surface area contributed by atoms with Gasteiger partial charge in [-0.2, -0.15) is 0 Å². The van der Waals surface area contributed by atoms with Gasteiger partial charge in [-0.1, -0.05) is 18.2 Å². The van der Waals surface area contributed by atoms with E-state index in [0.717, 1.165) is 5.41 Å². The lowest BCUT2D eigenvalue weighted by atomic mass is 10.2. The van der Waals surface area contributed by atoms with E-state index in [4.69, 9.17) is 4.74 Å². The molecule has 0 radical (unpaired) electrons. The summed E-state index contributed by atoms with van der Waals surface area (Å²) in [5.41, 5.74) is 0.474. The molecule has 1 atom stereocenters. The number of anilines is 1. The first-order valence-electron chi connectivity index (χ1n) is 8.01. The van der Waals surface area contributed by atoms with Crippen LogP contribution in [0.25, 0.3) is 0 Å². The zero-order valence-electron chi connectivity index (χ0n) is 14.1. The third-order valence-corrected chi connectivity index (χ3v) is 5.33. The van der Waals surface area contributed by atoms with Gasteiger partial charge in [0.25, 0.3) is 11.6 Å². The van der Waals surface area contributed by atoms with Crippen molar-refractivity contribution >= 4 is 27.1 Å². The molecule has 0 bridgehead atoms. The van der Waals surface area contributed by atoms with Crippen LogP contribution in [0.1, 0.15) is 0 Å². The van der Waals surface area contributed by atoms with Gasteiger partial charge in [0.15, 0.2) is 16.4 Å². The number of non-ortho nitro benzene ring substituents is 1. The highest BCUT2D eigenvalue weighted by Gasteiger charge is 2.31. The van der Waals surface area contributed by atoms with Crippen molar-refractivity contribution in [3.8, 4) is 5.75 Å². The van der Waals surface area contributed by atoms with Crippen molar-refractivity contribution in [1.29, 1.82) is 0 Å². The maximum atomic E-state index is 12.8. The molecular weight excluding hydrogens is 372 g/mol. The molecule has 1 unspecified atom stereocenters. The Morgan fingerprint density at radius 3 is 2.37 bits per heavy atom. The van der Waals surface area contributed by atoms with Crippen molar-refractivity contribution in [1.82, 2.24) is 0 Å². The van der Waals surface area contributed by atoms with Crippen LogP contribution in [-0.2, 0) is 14.6 Å². The van der Waals surface area contributed by atoms with Gasteiger partial charge in [-0.05, 0) is 30.3 Å². The van der Waals surface area contributed by atoms with Crippen LogP contribution >= 0.6 is 0 Å². The van der Waals surface area contributed by atoms with E-state index in [9.17, 15) is 23.3 Å². The van der Waals surface area contributed by atoms with E-state index >= 15 is 0 Å². The number of para-hydroxylation sites is 1. The van der Waals surface area contributed by atoms with Gasteiger partial charge in [-0.15, -0.1) is 0 Å². The molecule has 9 heteroatoms. The number of sulfone groups is 1. The van der Waals surface area contributed by atoms with Crippen molar-refractivity contribution in [3.63, 3.8) is 0 Å². The monoisotopic (exact) mass is 388 g/mol. The van der Waals surface area contributed by atoms with E-state index in [1.807, 2.05) is 0 Å². The Morgan fingerprint density at radius 1 is 1.15 bits per heavy atom.